The highest BCUT2D eigenvalue weighted by atomic mass is 32.1. The molecule has 2 unspecified atom stereocenters. The van der Waals surface area contributed by atoms with E-state index in [4.69, 9.17) is 4.74 Å². The summed E-state index contributed by atoms with van der Waals surface area (Å²) >= 11 is 1.68. The normalized spacial score (nSPS) is 24.6. The molecule has 0 spiro atoms. The molecule has 0 amide bonds. The van der Waals surface area contributed by atoms with Crippen molar-refractivity contribution in [1.82, 2.24) is 15.0 Å². The van der Waals surface area contributed by atoms with Gasteiger partial charge in [0.2, 0.25) is 0 Å². The second-order valence-corrected chi connectivity index (χ2v) is 7.95. The van der Waals surface area contributed by atoms with Crippen molar-refractivity contribution in [2.75, 3.05) is 42.6 Å². The van der Waals surface area contributed by atoms with Crippen molar-refractivity contribution in [1.29, 1.82) is 0 Å². The lowest BCUT2D eigenvalue weighted by Crippen LogP contribution is -2.39. The Balaban J connectivity index is 1.50. The van der Waals surface area contributed by atoms with Gasteiger partial charge in [0.25, 0.3) is 0 Å². The number of morpholine rings is 1. The summed E-state index contributed by atoms with van der Waals surface area (Å²) in [5.74, 6) is 2.77. The molecule has 6 nitrogen and oxygen atoms in total. The molecule has 2 aromatic rings. The van der Waals surface area contributed by atoms with Crippen LogP contribution in [0.5, 0.6) is 0 Å². The zero-order valence-electron chi connectivity index (χ0n) is 14.9. The molecule has 134 valence electrons. The number of ether oxygens (including phenoxy) is 1. The average Bonchev–Trinajstić information content (AvgIpc) is 3.08. The molecule has 2 aliphatic rings. The van der Waals surface area contributed by atoms with E-state index in [2.05, 4.69) is 43.1 Å². The zero-order valence-corrected chi connectivity index (χ0v) is 15.7. The molecule has 2 saturated heterocycles. The SMILES string of the molecule is Cc1csc(C2CN(c3cc(N4CCCC(C)C4)ncn3)CCO2)n1. The number of hydrogen-bond acceptors (Lipinski definition) is 7. The Morgan fingerprint density at radius 1 is 1.16 bits per heavy atom. The first-order valence-electron chi connectivity index (χ1n) is 9.04. The zero-order chi connectivity index (χ0) is 17.2. The Bertz CT molecular complexity index is 721. The monoisotopic (exact) mass is 359 g/mol. The van der Waals surface area contributed by atoms with Crippen LogP contribution in [-0.4, -0.2) is 47.7 Å². The van der Waals surface area contributed by atoms with E-state index in [-0.39, 0.29) is 6.10 Å². The topological polar surface area (TPSA) is 54.4 Å². The lowest BCUT2D eigenvalue weighted by molar-refractivity contribution is 0.0393. The van der Waals surface area contributed by atoms with Crippen LogP contribution in [0.3, 0.4) is 0 Å². The van der Waals surface area contributed by atoms with Crippen molar-refractivity contribution in [2.45, 2.75) is 32.8 Å². The molecule has 4 heterocycles. The van der Waals surface area contributed by atoms with Crippen LogP contribution < -0.4 is 9.80 Å². The van der Waals surface area contributed by atoms with Gasteiger partial charge in [-0.05, 0) is 25.7 Å². The maximum atomic E-state index is 5.94. The van der Waals surface area contributed by atoms with Crippen molar-refractivity contribution in [2.24, 2.45) is 5.92 Å². The Morgan fingerprint density at radius 3 is 2.68 bits per heavy atom. The maximum absolute atomic E-state index is 5.94. The Labute approximate surface area is 152 Å². The summed E-state index contributed by atoms with van der Waals surface area (Å²) in [5.41, 5.74) is 1.06. The van der Waals surface area contributed by atoms with E-state index in [0.717, 1.165) is 54.4 Å². The Morgan fingerprint density at radius 2 is 1.96 bits per heavy atom. The van der Waals surface area contributed by atoms with Gasteiger partial charge < -0.3 is 14.5 Å². The van der Waals surface area contributed by atoms with Gasteiger partial charge in [0, 0.05) is 36.8 Å². The first kappa shape index (κ1) is 16.7. The van der Waals surface area contributed by atoms with E-state index in [1.165, 1.54) is 12.8 Å². The van der Waals surface area contributed by atoms with Crippen molar-refractivity contribution >= 4 is 23.0 Å². The Hall–Kier alpha value is -1.73. The molecule has 0 saturated carbocycles. The van der Waals surface area contributed by atoms with Gasteiger partial charge in [-0.1, -0.05) is 6.92 Å². The summed E-state index contributed by atoms with van der Waals surface area (Å²) in [5, 5.41) is 3.14. The van der Waals surface area contributed by atoms with Crippen LogP contribution in [0.15, 0.2) is 17.8 Å². The van der Waals surface area contributed by atoms with Crippen molar-refractivity contribution in [3.05, 3.63) is 28.5 Å². The minimum atomic E-state index is 0.0286. The van der Waals surface area contributed by atoms with E-state index < -0.39 is 0 Å². The summed E-state index contributed by atoms with van der Waals surface area (Å²) in [4.78, 5) is 18.3. The fourth-order valence-electron chi connectivity index (χ4n) is 3.61. The summed E-state index contributed by atoms with van der Waals surface area (Å²) in [6.45, 7) is 8.86. The van der Waals surface area contributed by atoms with Gasteiger partial charge >= 0.3 is 0 Å². The minimum absolute atomic E-state index is 0.0286. The van der Waals surface area contributed by atoms with Crippen LogP contribution in [0, 0.1) is 12.8 Å². The third-order valence-corrected chi connectivity index (χ3v) is 5.98. The molecule has 25 heavy (non-hydrogen) atoms. The number of aromatic nitrogens is 3. The molecule has 0 bridgehead atoms. The van der Waals surface area contributed by atoms with Crippen LogP contribution in [-0.2, 0) is 4.74 Å². The van der Waals surface area contributed by atoms with Gasteiger partial charge in [0.1, 0.15) is 29.1 Å². The predicted molar refractivity (Wildman–Crippen MR) is 100 cm³/mol. The molecule has 4 rings (SSSR count). The number of anilines is 2. The molecule has 0 aromatic carbocycles. The smallest absolute Gasteiger partial charge is 0.134 e. The van der Waals surface area contributed by atoms with Crippen LogP contribution in [0.4, 0.5) is 11.6 Å². The van der Waals surface area contributed by atoms with Gasteiger partial charge in [0.05, 0.1) is 13.2 Å². The van der Waals surface area contributed by atoms with Gasteiger partial charge in [-0.15, -0.1) is 11.3 Å². The fourth-order valence-corrected chi connectivity index (χ4v) is 4.44. The van der Waals surface area contributed by atoms with Gasteiger partial charge in [-0.3, -0.25) is 0 Å². The third kappa shape index (κ3) is 3.77. The summed E-state index contributed by atoms with van der Waals surface area (Å²) in [7, 11) is 0. The second kappa shape index (κ2) is 7.25. The van der Waals surface area contributed by atoms with Crippen LogP contribution in [0.1, 0.15) is 36.6 Å². The van der Waals surface area contributed by atoms with Gasteiger partial charge in [-0.2, -0.15) is 0 Å². The lowest BCUT2D eigenvalue weighted by atomic mass is 10.0. The number of hydrogen-bond donors (Lipinski definition) is 0. The van der Waals surface area contributed by atoms with E-state index >= 15 is 0 Å². The van der Waals surface area contributed by atoms with Crippen LogP contribution in [0.2, 0.25) is 0 Å². The molecule has 0 aliphatic carbocycles. The second-order valence-electron chi connectivity index (χ2n) is 7.06. The number of aryl methyl sites for hydroxylation is 1. The lowest BCUT2D eigenvalue weighted by Gasteiger charge is -2.34. The molecule has 0 radical (unpaired) electrons. The molecule has 0 N–H and O–H groups in total. The fraction of sp³-hybridized carbons (Fsp3) is 0.611. The van der Waals surface area contributed by atoms with Crippen LogP contribution in [0.25, 0.3) is 0 Å². The predicted octanol–water partition coefficient (Wildman–Crippen LogP) is 3.06. The van der Waals surface area contributed by atoms with E-state index in [9.17, 15) is 0 Å². The molecular weight excluding hydrogens is 334 g/mol. The van der Waals surface area contributed by atoms with Gasteiger partial charge in [0.15, 0.2) is 0 Å². The van der Waals surface area contributed by atoms with Crippen molar-refractivity contribution < 1.29 is 4.74 Å². The highest BCUT2D eigenvalue weighted by Crippen LogP contribution is 2.29. The maximum Gasteiger partial charge on any atom is 0.134 e. The standard InChI is InChI=1S/C18H25N5OS/c1-13-4-3-5-22(9-13)16-8-17(20-12-19-16)23-6-7-24-15(10-23)18-21-14(2)11-25-18/h8,11-13,15H,3-7,9-10H2,1-2H3. The van der Waals surface area contributed by atoms with Crippen molar-refractivity contribution in [3.8, 4) is 0 Å². The van der Waals surface area contributed by atoms with E-state index in [1.54, 1.807) is 17.7 Å². The molecule has 2 fully saturated rings. The number of rotatable bonds is 3. The molecule has 2 aromatic heterocycles. The number of nitrogens with zero attached hydrogens (tertiary/aromatic N) is 5. The highest BCUT2D eigenvalue weighted by molar-refractivity contribution is 7.09. The number of thiazole rings is 1. The summed E-state index contributed by atoms with van der Waals surface area (Å²) < 4.78 is 5.94. The molecule has 7 heteroatoms. The molecule has 2 aliphatic heterocycles. The van der Waals surface area contributed by atoms with E-state index in [1.807, 2.05) is 6.92 Å². The van der Waals surface area contributed by atoms with Crippen LogP contribution >= 0.6 is 11.3 Å². The number of piperidine rings is 1. The summed E-state index contributed by atoms with van der Waals surface area (Å²) in [6, 6.07) is 2.13. The summed E-state index contributed by atoms with van der Waals surface area (Å²) in [6.07, 6.45) is 4.28. The average molecular weight is 359 g/mol. The van der Waals surface area contributed by atoms with Crippen molar-refractivity contribution in [3.63, 3.8) is 0 Å². The van der Waals surface area contributed by atoms with E-state index in [0.29, 0.717) is 6.61 Å². The Kier molecular flexibility index (Phi) is 4.85. The first-order chi connectivity index (χ1) is 12.2. The molecular formula is C18H25N5OS. The highest BCUT2D eigenvalue weighted by Gasteiger charge is 2.26. The quantitative estimate of drug-likeness (QED) is 0.839. The van der Waals surface area contributed by atoms with Gasteiger partial charge in [-0.25, -0.2) is 15.0 Å². The largest absolute Gasteiger partial charge is 0.367 e. The third-order valence-electron chi connectivity index (χ3n) is 4.92. The first-order valence-corrected chi connectivity index (χ1v) is 9.92. The minimum Gasteiger partial charge on any atom is -0.367 e. The molecule has 2 atom stereocenters.